The molecule has 0 spiro atoms. The van der Waals surface area contributed by atoms with Gasteiger partial charge in [-0.2, -0.15) is 0 Å². The lowest BCUT2D eigenvalue weighted by Gasteiger charge is -2.07. The summed E-state index contributed by atoms with van der Waals surface area (Å²) in [7, 11) is -3.58. The van der Waals surface area contributed by atoms with Crippen molar-refractivity contribution in [2.75, 3.05) is 5.73 Å². The molecule has 5 nitrogen and oxygen atoms in total. The van der Waals surface area contributed by atoms with Crippen LogP contribution in [0.25, 0.3) is 0 Å². The van der Waals surface area contributed by atoms with Crippen LogP contribution in [-0.4, -0.2) is 13.4 Å². The average molecular weight is 269 g/mol. The maximum atomic E-state index is 11.9. The monoisotopic (exact) mass is 269 g/mol. The van der Waals surface area contributed by atoms with Crippen molar-refractivity contribution in [1.82, 2.24) is 9.71 Å². The number of hydrogen-bond acceptors (Lipinski definition) is 5. The summed E-state index contributed by atoms with van der Waals surface area (Å²) in [5, 5.41) is 1.79. The van der Waals surface area contributed by atoms with Crippen LogP contribution in [0.1, 0.15) is 5.69 Å². The summed E-state index contributed by atoms with van der Waals surface area (Å²) in [6.07, 6.45) is 0. The highest BCUT2D eigenvalue weighted by molar-refractivity contribution is 7.89. The number of benzene rings is 1. The van der Waals surface area contributed by atoms with Gasteiger partial charge >= 0.3 is 0 Å². The summed E-state index contributed by atoms with van der Waals surface area (Å²) >= 11 is 1.42. The van der Waals surface area contributed by atoms with Crippen molar-refractivity contribution in [2.45, 2.75) is 11.4 Å². The van der Waals surface area contributed by atoms with Gasteiger partial charge in [0.15, 0.2) is 0 Å². The predicted octanol–water partition coefficient (Wildman–Crippen LogP) is 1.20. The van der Waals surface area contributed by atoms with E-state index < -0.39 is 10.0 Å². The second-order valence-corrected chi connectivity index (χ2v) is 5.80. The van der Waals surface area contributed by atoms with Crippen LogP contribution in [0.4, 0.5) is 5.69 Å². The summed E-state index contributed by atoms with van der Waals surface area (Å²) in [4.78, 5) is 4.09. The SMILES string of the molecule is Nc1ccccc1S(=O)(=O)NCc1cscn1. The first-order valence-electron chi connectivity index (χ1n) is 4.81. The zero-order chi connectivity index (χ0) is 12.3. The fourth-order valence-corrected chi connectivity index (χ4v) is 2.98. The smallest absolute Gasteiger partial charge is 0.242 e. The van der Waals surface area contributed by atoms with Gasteiger partial charge in [-0.25, -0.2) is 18.1 Å². The minimum atomic E-state index is -3.58. The van der Waals surface area contributed by atoms with Gasteiger partial charge in [-0.3, -0.25) is 0 Å². The Kier molecular flexibility index (Phi) is 3.41. The van der Waals surface area contributed by atoms with Gasteiger partial charge in [-0.1, -0.05) is 12.1 Å². The molecule has 0 amide bonds. The van der Waals surface area contributed by atoms with Crippen molar-refractivity contribution in [3.05, 3.63) is 40.8 Å². The van der Waals surface area contributed by atoms with Gasteiger partial charge in [0, 0.05) is 5.38 Å². The lowest BCUT2D eigenvalue weighted by Crippen LogP contribution is -2.24. The van der Waals surface area contributed by atoms with Gasteiger partial charge in [0.1, 0.15) is 4.90 Å². The van der Waals surface area contributed by atoms with Gasteiger partial charge in [-0.05, 0) is 12.1 Å². The standard InChI is InChI=1S/C10H11N3O2S2/c11-9-3-1-2-4-10(9)17(14,15)13-5-8-6-16-7-12-8/h1-4,6-7,13H,5,11H2. The van der Waals surface area contributed by atoms with Gasteiger partial charge in [0.25, 0.3) is 0 Å². The van der Waals surface area contributed by atoms with Crippen LogP contribution in [0.3, 0.4) is 0 Å². The van der Waals surface area contributed by atoms with Gasteiger partial charge in [0.2, 0.25) is 10.0 Å². The topological polar surface area (TPSA) is 85.1 Å². The molecule has 0 radical (unpaired) electrons. The molecule has 0 unspecified atom stereocenters. The molecule has 17 heavy (non-hydrogen) atoms. The largest absolute Gasteiger partial charge is 0.398 e. The molecule has 0 aliphatic carbocycles. The van der Waals surface area contributed by atoms with E-state index in [-0.39, 0.29) is 17.1 Å². The Labute approximate surface area is 103 Å². The third-order valence-corrected chi connectivity index (χ3v) is 4.25. The van der Waals surface area contributed by atoms with Crippen molar-refractivity contribution in [3.63, 3.8) is 0 Å². The molecule has 2 aromatic rings. The Morgan fingerprint density at radius 3 is 2.76 bits per heavy atom. The number of sulfonamides is 1. The Balaban J connectivity index is 2.17. The van der Waals surface area contributed by atoms with Crippen LogP contribution < -0.4 is 10.5 Å². The summed E-state index contributed by atoms with van der Waals surface area (Å²) in [5.41, 5.74) is 8.20. The van der Waals surface area contributed by atoms with E-state index >= 15 is 0 Å². The van der Waals surface area contributed by atoms with Crippen molar-refractivity contribution >= 4 is 27.0 Å². The van der Waals surface area contributed by atoms with Crippen LogP contribution >= 0.6 is 11.3 Å². The Morgan fingerprint density at radius 2 is 2.12 bits per heavy atom. The maximum Gasteiger partial charge on any atom is 0.242 e. The number of nitrogens with one attached hydrogen (secondary N) is 1. The summed E-state index contributed by atoms with van der Waals surface area (Å²) in [5.74, 6) is 0. The van der Waals surface area contributed by atoms with Gasteiger partial charge in [-0.15, -0.1) is 11.3 Å². The van der Waals surface area contributed by atoms with Crippen LogP contribution in [0, 0.1) is 0 Å². The molecule has 2 rings (SSSR count). The van der Waals surface area contributed by atoms with E-state index in [1.54, 1.807) is 29.1 Å². The van der Waals surface area contributed by atoms with Gasteiger partial charge < -0.3 is 5.73 Å². The molecule has 90 valence electrons. The molecule has 1 aromatic heterocycles. The molecule has 1 aromatic carbocycles. The third kappa shape index (κ3) is 2.82. The highest BCUT2D eigenvalue weighted by Crippen LogP contribution is 2.17. The van der Waals surface area contributed by atoms with Crippen molar-refractivity contribution in [1.29, 1.82) is 0 Å². The van der Waals surface area contributed by atoms with Crippen LogP contribution in [0.5, 0.6) is 0 Å². The lowest BCUT2D eigenvalue weighted by atomic mass is 10.3. The number of nitrogen functional groups attached to an aromatic ring is 1. The highest BCUT2D eigenvalue weighted by Gasteiger charge is 2.16. The second kappa shape index (κ2) is 4.82. The predicted molar refractivity (Wildman–Crippen MR) is 67.0 cm³/mol. The minimum Gasteiger partial charge on any atom is -0.398 e. The van der Waals surface area contributed by atoms with Crippen molar-refractivity contribution in [3.8, 4) is 0 Å². The number of rotatable bonds is 4. The van der Waals surface area contributed by atoms with E-state index in [1.165, 1.54) is 17.4 Å². The van der Waals surface area contributed by atoms with Crippen LogP contribution in [0.15, 0.2) is 40.1 Å². The molecular formula is C10H11N3O2S2. The zero-order valence-corrected chi connectivity index (χ0v) is 10.5. The van der Waals surface area contributed by atoms with Gasteiger partial charge in [0.05, 0.1) is 23.4 Å². The van der Waals surface area contributed by atoms with Crippen molar-refractivity contribution in [2.24, 2.45) is 0 Å². The zero-order valence-electron chi connectivity index (χ0n) is 8.83. The van der Waals surface area contributed by atoms with Crippen LogP contribution in [0.2, 0.25) is 0 Å². The first-order chi connectivity index (χ1) is 8.09. The molecule has 0 aliphatic heterocycles. The number of thiazole rings is 1. The van der Waals surface area contributed by atoms with Crippen molar-refractivity contribution < 1.29 is 8.42 Å². The summed E-state index contributed by atoms with van der Waals surface area (Å²) in [6.45, 7) is 0.167. The molecule has 0 atom stereocenters. The molecule has 0 fully saturated rings. The summed E-state index contributed by atoms with van der Waals surface area (Å²) < 4.78 is 26.3. The Bertz CT molecular complexity index is 594. The quantitative estimate of drug-likeness (QED) is 0.817. The second-order valence-electron chi connectivity index (χ2n) is 3.34. The van der Waals surface area contributed by atoms with E-state index in [4.69, 9.17) is 5.73 Å². The molecule has 7 heteroatoms. The number of hydrogen-bond donors (Lipinski definition) is 2. The summed E-state index contributed by atoms with van der Waals surface area (Å²) in [6, 6.07) is 6.35. The fraction of sp³-hybridized carbons (Fsp3) is 0.100. The molecule has 3 N–H and O–H groups in total. The first-order valence-corrected chi connectivity index (χ1v) is 7.23. The number of aromatic nitrogens is 1. The number of para-hydroxylation sites is 1. The average Bonchev–Trinajstić information content (AvgIpc) is 2.80. The normalized spacial score (nSPS) is 11.5. The number of anilines is 1. The van der Waals surface area contributed by atoms with Crippen LogP contribution in [-0.2, 0) is 16.6 Å². The van der Waals surface area contributed by atoms with E-state index in [2.05, 4.69) is 9.71 Å². The Morgan fingerprint density at radius 1 is 1.35 bits per heavy atom. The number of nitrogens with zero attached hydrogens (tertiary/aromatic N) is 1. The Hall–Kier alpha value is -1.44. The fourth-order valence-electron chi connectivity index (χ4n) is 1.30. The minimum absolute atomic E-state index is 0.0928. The molecular weight excluding hydrogens is 258 g/mol. The van der Waals surface area contributed by atoms with E-state index in [1.807, 2.05) is 0 Å². The number of nitrogens with two attached hydrogens (primary N) is 1. The molecule has 0 saturated carbocycles. The first kappa shape index (κ1) is 12.0. The highest BCUT2D eigenvalue weighted by atomic mass is 32.2. The maximum absolute atomic E-state index is 11.9. The third-order valence-electron chi connectivity index (χ3n) is 2.14. The lowest BCUT2D eigenvalue weighted by molar-refractivity contribution is 0.581. The van der Waals surface area contributed by atoms with E-state index in [0.29, 0.717) is 5.69 Å². The molecule has 0 saturated heterocycles. The molecule has 0 bridgehead atoms. The molecule has 1 heterocycles. The van der Waals surface area contributed by atoms with E-state index in [0.717, 1.165) is 0 Å². The van der Waals surface area contributed by atoms with E-state index in [9.17, 15) is 8.42 Å². The molecule has 0 aliphatic rings.